The molecule has 0 unspecified atom stereocenters. The molecule has 16 heavy (non-hydrogen) atoms. The average molecular weight is 226 g/mol. The molecule has 0 fully saturated rings. The van der Waals surface area contributed by atoms with E-state index in [1.165, 1.54) is 18.2 Å². The van der Waals surface area contributed by atoms with Gasteiger partial charge in [0.05, 0.1) is 11.1 Å². The third kappa shape index (κ3) is 3.34. The van der Waals surface area contributed by atoms with Crippen LogP contribution in [0.4, 0.5) is 0 Å². The van der Waals surface area contributed by atoms with Gasteiger partial charge < -0.3 is 20.1 Å². The average Bonchev–Trinajstić information content (AvgIpc) is 2.15. The lowest BCUT2D eigenvalue weighted by Gasteiger charge is -2.15. The molecule has 0 amide bonds. The number of carbonyl (C=O) groups excluding carboxylic acids is 1. The van der Waals surface area contributed by atoms with E-state index in [2.05, 4.69) is 4.74 Å². The van der Waals surface area contributed by atoms with Crippen LogP contribution in [0, 0.1) is 0 Å². The van der Waals surface area contributed by atoms with Crippen LogP contribution in [0.1, 0.15) is 27.6 Å². The van der Waals surface area contributed by atoms with Gasteiger partial charge in [0.1, 0.15) is 0 Å². The minimum Gasteiger partial charge on any atom is -0.478 e. The van der Waals surface area contributed by atoms with Crippen molar-refractivity contribution in [3.8, 4) is 0 Å². The SMILES string of the molecule is CC(O)(O)OC(=O)c1cccc(C(=O)O)c1. The minimum absolute atomic E-state index is 0.0748. The second kappa shape index (κ2) is 4.30. The summed E-state index contributed by atoms with van der Waals surface area (Å²) in [5.74, 6) is -4.79. The number of hydrogen-bond donors (Lipinski definition) is 3. The van der Waals surface area contributed by atoms with E-state index in [4.69, 9.17) is 15.3 Å². The fourth-order valence-electron chi connectivity index (χ4n) is 1.01. The zero-order valence-electron chi connectivity index (χ0n) is 8.38. The number of hydrogen-bond acceptors (Lipinski definition) is 5. The van der Waals surface area contributed by atoms with E-state index < -0.39 is 17.9 Å². The van der Waals surface area contributed by atoms with Crippen LogP contribution in [0.15, 0.2) is 24.3 Å². The van der Waals surface area contributed by atoms with Crippen LogP contribution in [0.2, 0.25) is 0 Å². The zero-order chi connectivity index (χ0) is 12.3. The van der Waals surface area contributed by atoms with Crippen molar-refractivity contribution in [2.24, 2.45) is 0 Å². The van der Waals surface area contributed by atoms with Gasteiger partial charge in [0.15, 0.2) is 0 Å². The van der Waals surface area contributed by atoms with Gasteiger partial charge in [-0.25, -0.2) is 9.59 Å². The number of aliphatic hydroxyl groups is 2. The second-order valence-electron chi connectivity index (χ2n) is 3.21. The number of esters is 1. The number of carbonyl (C=O) groups is 2. The molecule has 0 spiro atoms. The molecule has 0 aliphatic rings. The highest BCUT2D eigenvalue weighted by Gasteiger charge is 2.22. The van der Waals surface area contributed by atoms with Crippen molar-refractivity contribution < 1.29 is 29.6 Å². The Hall–Kier alpha value is -1.92. The Balaban J connectivity index is 2.92. The van der Waals surface area contributed by atoms with Gasteiger partial charge in [-0.3, -0.25) is 0 Å². The molecular formula is C10H10O6. The van der Waals surface area contributed by atoms with E-state index in [0.29, 0.717) is 0 Å². The third-order valence-corrected chi connectivity index (χ3v) is 1.63. The normalized spacial score (nSPS) is 10.9. The van der Waals surface area contributed by atoms with Gasteiger partial charge >= 0.3 is 17.9 Å². The molecule has 0 aliphatic carbocycles. The Labute approximate surface area is 90.7 Å². The van der Waals surface area contributed by atoms with Crippen molar-refractivity contribution in [2.75, 3.05) is 0 Å². The number of carboxylic acids is 1. The summed E-state index contributed by atoms with van der Waals surface area (Å²) in [5.41, 5.74) is -0.166. The summed E-state index contributed by atoms with van der Waals surface area (Å²) in [5, 5.41) is 26.3. The molecule has 0 saturated carbocycles. The molecule has 0 aliphatic heterocycles. The summed E-state index contributed by atoms with van der Waals surface area (Å²) in [6, 6.07) is 5.04. The smallest absolute Gasteiger partial charge is 0.342 e. The Morgan fingerprint density at radius 3 is 2.31 bits per heavy atom. The molecule has 3 N–H and O–H groups in total. The van der Waals surface area contributed by atoms with E-state index in [9.17, 15) is 9.59 Å². The monoisotopic (exact) mass is 226 g/mol. The minimum atomic E-state index is -2.59. The van der Waals surface area contributed by atoms with Crippen molar-refractivity contribution in [2.45, 2.75) is 12.9 Å². The van der Waals surface area contributed by atoms with E-state index >= 15 is 0 Å². The summed E-state index contributed by atoms with van der Waals surface area (Å²) in [7, 11) is 0. The molecule has 1 rings (SSSR count). The van der Waals surface area contributed by atoms with Gasteiger partial charge in [-0.05, 0) is 18.2 Å². The van der Waals surface area contributed by atoms with Crippen LogP contribution >= 0.6 is 0 Å². The van der Waals surface area contributed by atoms with Crippen molar-refractivity contribution >= 4 is 11.9 Å². The maximum atomic E-state index is 11.3. The van der Waals surface area contributed by atoms with Crippen LogP contribution in [-0.4, -0.2) is 33.2 Å². The maximum Gasteiger partial charge on any atom is 0.342 e. The standard InChI is InChI=1S/C10H10O6/c1-10(14,15)16-9(13)7-4-2-3-6(5-7)8(11)12/h2-5,14-15H,1H3,(H,11,12). The lowest BCUT2D eigenvalue weighted by Crippen LogP contribution is -2.30. The van der Waals surface area contributed by atoms with Gasteiger partial charge in [0, 0.05) is 6.92 Å². The summed E-state index contributed by atoms with van der Waals surface area (Å²) in [6.07, 6.45) is 0. The highest BCUT2D eigenvalue weighted by molar-refractivity contribution is 5.94. The maximum absolute atomic E-state index is 11.3. The molecule has 0 saturated heterocycles. The van der Waals surface area contributed by atoms with Crippen LogP contribution in [0.5, 0.6) is 0 Å². The highest BCUT2D eigenvalue weighted by atomic mass is 16.8. The van der Waals surface area contributed by atoms with E-state index in [0.717, 1.165) is 13.0 Å². The summed E-state index contributed by atoms with van der Waals surface area (Å²) >= 11 is 0. The first-order valence-corrected chi connectivity index (χ1v) is 4.31. The quantitative estimate of drug-likeness (QED) is 0.502. The predicted octanol–water partition coefficient (Wildman–Crippen LogP) is 0.200. The van der Waals surface area contributed by atoms with E-state index in [-0.39, 0.29) is 11.1 Å². The topological polar surface area (TPSA) is 104 Å². The van der Waals surface area contributed by atoms with Crippen molar-refractivity contribution in [3.63, 3.8) is 0 Å². The van der Waals surface area contributed by atoms with E-state index in [1.807, 2.05) is 0 Å². The Kier molecular flexibility index (Phi) is 3.26. The first-order chi connectivity index (χ1) is 7.29. The zero-order valence-corrected chi connectivity index (χ0v) is 8.38. The molecule has 0 aromatic heterocycles. The van der Waals surface area contributed by atoms with Gasteiger partial charge in [-0.15, -0.1) is 0 Å². The van der Waals surface area contributed by atoms with Crippen LogP contribution < -0.4 is 0 Å². The molecule has 1 aromatic rings. The number of ether oxygens (including phenoxy) is 1. The molecule has 86 valence electrons. The van der Waals surface area contributed by atoms with Crippen molar-refractivity contribution in [3.05, 3.63) is 35.4 Å². The lowest BCUT2D eigenvalue weighted by molar-refractivity contribution is -0.293. The van der Waals surface area contributed by atoms with Gasteiger partial charge in [0.25, 0.3) is 0 Å². The van der Waals surface area contributed by atoms with Gasteiger partial charge in [-0.2, -0.15) is 0 Å². The number of benzene rings is 1. The largest absolute Gasteiger partial charge is 0.478 e. The summed E-state index contributed by atoms with van der Waals surface area (Å²) in [4.78, 5) is 21.9. The highest BCUT2D eigenvalue weighted by Crippen LogP contribution is 2.10. The number of rotatable bonds is 3. The first-order valence-electron chi connectivity index (χ1n) is 4.31. The first kappa shape index (κ1) is 12.2. The lowest BCUT2D eigenvalue weighted by atomic mass is 10.1. The second-order valence-corrected chi connectivity index (χ2v) is 3.21. The molecule has 0 bridgehead atoms. The molecule has 0 atom stereocenters. The van der Waals surface area contributed by atoms with Crippen LogP contribution in [0.25, 0.3) is 0 Å². The van der Waals surface area contributed by atoms with Crippen LogP contribution in [-0.2, 0) is 4.74 Å². The fourth-order valence-corrected chi connectivity index (χ4v) is 1.01. The van der Waals surface area contributed by atoms with Crippen LogP contribution in [0.3, 0.4) is 0 Å². The van der Waals surface area contributed by atoms with Crippen molar-refractivity contribution in [1.82, 2.24) is 0 Å². The summed E-state index contributed by atoms with van der Waals surface area (Å²) in [6.45, 7) is 0.867. The Bertz CT molecular complexity index is 418. The Morgan fingerprint density at radius 2 is 1.81 bits per heavy atom. The number of aromatic carboxylic acids is 1. The predicted molar refractivity (Wildman–Crippen MR) is 51.7 cm³/mol. The molecule has 0 radical (unpaired) electrons. The molecule has 6 nitrogen and oxygen atoms in total. The Morgan fingerprint density at radius 1 is 1.25 bits per heavy atom. The summed E-state index contributed by atoms with van der Waals surface area (Å²) < 4.78 is 4.24. The molecule has 6 heteroatoms. The van der Waals surface area contributed by atoms with Crippen molar-refractivity contribution in [1.29, 1.82) is 0 Å². The molecular weight excluding hydrogens is 216 g/mol. The fraction of sp³-hybridized carbons (Fsp3) is 0.200. The van der Waals surface area contributed by atoms with Gasteiger partial charge in [-0.1, -0.05) is 6.07 Å². The van der Waals surface area contributed by atoms with Gasteiger partial charge in [0.2, 0.25) is 0 Å². The molecule has 0 heterocycles. The third-order valence-electron chi connectivity index (χ3n) is 1.63. The number of carboxylic acid groups (broad SMARTS) is 1. The van der Waals surface area contributed by atoms with E-state index in [1.54, 1.807) is 0 Å². The molecule has 1 aromatic carbocycles.